The predicted molar refractivity (Wildman–Crippen MR) is 213 cm³/mol. The lowest BCUT2D eigenvalue weighted by atomic mass is 10.0. The number of aromatic amines is 1. The third-order valence-electron chi connectivity index (χ3n) is 11.5. The molecule has 3 saturated heterocycles. The Bertz CT molecular complexity index is 2350. The van der Waals surface area contributed by atoms with Crippen LogP contribution in [0.4, 0.5) is 8.78 Å². The van der Waals surface area contributed by atoms with Crippen LogP contribution >= 0.6 is 0 Å². The maximum Gasteiger partial charge on any atom is 0.275 e. The van der Waals surface area contributed by atoms with Crippen LogP contribution in [0.2, 0.25) is 0 Å². The van der Waals surface area contributed by atoms with E-state index in [-0.39, 0.29) is 41.5 Å². The summed E-state index contributed by atoms with van der Waals surface area (Å²) < 4.78 is 36.4. The van der Waals surface area contributed by atoms with Crippen molar-refractivity contribution in [3.8, 4) is 11.1 Å². The molecular formula is C44H45F2N7O5. The Balaban J connectivity index is 0.759. The van der Waals surface area contributed by atoms with Gasteiger partial charge < -0.3 is 19.4 Å². The number of fused-ring (bicyclic) bond motifs is 1. The largest absolute Gasteiger partial charge is 0.375 e. The first kappa shape index (κ1) is 39.0. The number of H-pyrrole nitrogens is 1. The van der Waals surface area contributed by atoms with Gasteiger partial charge in [-0.3, -0.25) is 24.1 Å². The zero-order chi connectivity index (χ0) is 40.2. The van der Waals surface area contributed by atoms with Crippen LogP contribution in [0.15, 0.2) is 89.9 Å². The number of rotatable bonds is 9. The highest BCUT2D eigenvalue weighted by Gasteiger charge is 2.32. The Labute approximate surface area is 334 Å². The first-order chi connectivity index (χ1) is 28.2. The van der Waals surface area contributed by atoms with Crippen molar-refractivity contribution in [1.29, 1.82) is 0 Å². The van der Waals surface area contributed by atoms with Gasteiger partial charge in [-0.05, 0) is 61.1 Å². The molecule has 0 radical (unpaired) electrons. The highest BCUT2D eigenvalue weighted by atomic mass is 19.1. The van der Waals surface area contributed by atoms with E-state index in [0.29, 0.717) is 86.1 Å². The average molecular weight is 790 g/mol. The van der Waals surface area contributed by atoms with Crippen LogP contribution in [0.5, 0.6) is 0 Å². The van der Waals surface area contributed by atoms with Crippen molar-refractivity contribution < 1.29 is 27.9 Å². The molecule has 58 heavy (non-hydrogen) atoms. The molecule has 3 fully saturated rings. The second-order valence-corrected chi connectivity index (χ2v) is 15.2. The van der Waals surface area contributed by atoms with Crippen molar-refractivity contribution in [3.63, 3.8) is 0 Å². The summed E-state index contributed by atoms with van der Waals surface area (Å²) in [5.74, 6) is -2.08. The number of ether oxygens (including phenoxy) is 1. The van der Waals surface area contributed by atoms with Crippen molar-refractivity contribution >= 4 is 28.5 Å². The molecule has 2 aromatic heterocycles. The number of nitrogens with zero attached hydrogens (tertiary/aromatic N) is 6. The van der Waals surface area contributed by atoms with Crippen LogP contribution < -0.4 is 5.56 Å². The van der Waals surface area contributed by atoms with Crippen molar-refractivity contribution in [3.05, 3.63) is 130 Å². The monoisotopic (exact) mass is 789 g/mol. The lowest BCUT2D eigenvalue weighted by molar-refractivity contribution is -0.135. The molecule has 0 unspecified atom stereocenters. The average Bonchev–Trinajstić information content (AvgIpc) is 3.26. The summed E-state index contributed by atoms with van der Waals surface area (Å²) in [6.07, 6.45) is 4.80. The van der Waals surface area contributed by atoms with Gasteiger partial charge in [0.15, 0.2) is 11.5 Å². The number of amides is 3. The van der Waals surface area contributed by atoms with E-state index < -0.39 is 23.4 Å². The molecule has 0 spiro atoms. The summed E-state index contributed by atoms with van der Waals surface area (Å²) in [5, 5.41) is 7.94. The minimum absolute atomic E-state index is 0.00190. The Morgan fingerprint density at radius 3 is 2.03 bits per heavy atom. The molecule has 1 N–H and O–H groups in total. The van der Waals surface area contributed by atoms with Crippen LogP contribution in [-0.2, 0) is 16.0 Å². The summed E-state index contributed by atoms with van der Waals surface area (Å²) in [7, 11) is 0. The van der Waals surface area contributed by atoms with Crippen molar-refractivity contribution in [2.45, 2.75) is 44.3 Å². The van der Waals surface area contributed by atoms with E-state index in [0.717, 1.165) is 31.5 Å². The van der Waals surface area contributed by atoms with Gasteiger partial charge in [-0.1, -0.05) is 54.6 Å². The molecule has 14 heteroatoms. The van der Waals surface area contributed by atoms with Crippen molar-refractivity contribution in [1.82, 2.24) is 34.8 Å². The number of pyridine rings is 1. The number of benzene rings is 3. The first-order valence-corrected chi connectivity index (χ1v) is 19.9. The number of aromatic nitrogens is 3. The van der Waals surface area contributed by atoms with Gasteiger partial charge in [0.05, 0.1) is 35.4 Å². The molecule has 8 rings (SSSR count). The Morgan fingerprint density at radius 1 is 0.690 bits per heavy atom. The zero-order valence-electron chi connectivity index (χ0n) is 32.1. The molecule has 5 heterocycles. The van der Waals surface area contributed by atoms with Crippen molar-refractivity contribution in [2.24, 2.45) is 0 Å². The Kier molecular flexibility index (Phi) is 11.6. The van der Waals surface area contributed by atoms with Gasteiger partial charge >= 0.3 is 0 Å². The Morgan fingerprint density at radius 2 is 1.33 bits per heavy atom. The summed E-state index contributed by atoms with van der Waals surface area (Å²) in [4.78, 5) is 63.4. The zero-order valence-corrected chi connectivity index (χ0v) is 32.1. The first-order valence-electron chi connectivity index (χ1n) is 19.9. The van der Waals surface area contributed by atoms with Crippen LogP contribution in [0.25, 0.3) is 21.9 Å². The molecule has 0 aliphatic carbocycles. The topological polar surface area (TPSA) is 132 Å². The number of piperidine rings is 2. The second-order valence-electron chi connectivity index (χ2n) is 15.2. The van der Waals surface area contributed by atoms with Crippen molar-refractivity contribution in [2.75, 3.05) is 58.9 Å². The van der Waals surface area contributed by atoms with Gasteiger partial charge in [0, 0.05) is 75.9 Å². The third kappa shape index (κ3) is 8.67. The highest BCUT2D eigenvalue weighted by molar-refractivity contribution is 5.95. The molecule has 5 aromatic rings. The fraction of sp³-hybridized carbons (Fsp3) is 0.364. The minimum atomic E-state index is -0.629. The van der Waals surface area contributed by atoms with Crippen LogP contribution in [0, 0.1) is 11.6 Å². The SMILES string of the molecule is O=C(CN1CCC(OC2CCN(C(=O)c3ncc(-c4ccccc4)cc3F)CC2)CC1)N1CCN(C(=O)c2cc(Cc3n[nH]c(=O)c4ccccc34)ccc2F)CC1. The summed E-state index contributed by atoms with van der Waals surface area (Å²) in [5.41, 5.74) is 2.27. The van der Waals surface area contributed by atoms with Crippen LogP contribution in [-0.4, -0.2) is 124 Å². The van der Waals surface area contributed by atoms with E-state index in [2.05, 4.69) is 20.1 Å². The number of piperazine rings is 1. The van der Waals surface area contributed by atoms with E-state index in [4.69, 9.17) is 4.74 Å². The summed E-state index contributed by atoms with van der Waals surface area (Å²) in [6, 6.07) is 22.3. The number of halogens is 2. The second kappa shape index (κ2) is 17.3. The predicted octanol–water partition coefficient (Wildman–Crippen LogP) is 4.92. The molecule has 12 nitrogen and oxygen atoms in total. The molecular weight excluding hydrogens is 745 g/mol. The lowest BCUT2D eigenvalue weighted by Gasteiger charge is -2.38. The molecule has 0 bridgehead atoms. The van der Waals surface area contributed by atoms with Crippen LogP contribution in [0.3, 0.4) is 0 Å². The van der Waals surface area contributed by atoms with E-state index in [1.807, 2.05) is 42.5 Å². The fourth-order valence-electron chi connectivity index (χ4n) is 8.17. The number of carbonyl (C=O) groups excluding carboxylic acids is 3. The summed E-state index contributed by atoms with van der Waals surface area (Å²) >= 11 is 0. The highest BCUT2D eigenvalue weighted by Crippen LogP contribution is 2.25. The van der Waals surface area contributed by atoms with E-state index >= 15 is 0 Å². The number of hydrogen-bond donors (Lipinski definition) is 1. The van der Waals surface area contributed by atoms with E-state index in [9.17, 15) is 28.0 Å². The molecule has 3 aromatic carbocycles. The van der Waals surface area contributed by atoms with Gasteiger partial charge in [0.2, 0.25) is 5.91 Å². The van der Waals surface area contributed by atoms with Gasteiger partial charge in [-0.2, -0.15) is 5.10 Å². The van der Waals surface area contributed by atoms with Gasteiger partial charge in [-0.15, -0.1) is 0 Å². The Hall–Kier alpha value is -5.86. The molecule has 3 aliphatic heterocycles. The normalized spacial score (nSPS) is 17.2. The number of nitrogens with one attached hydrogen (secondary N) is 1. The quantitative estimate of drug-likeness (QED) is 0.223. The van der Waals surface area contributed by atoms with Gasteiger partial charge in [-0.25, -0.2) is 18.9 Å². The molecule has 300 valence electrons. The molecule has 0 atom stereocenters. The third-order valence-corrected chi connectivity index (χ3v) is 11.5. The lowest BCUT2D eigenvalue weighted by Crippen LogP contribution is -2.53. The number of likely N-dealkylation sites (tertiary alicyclic amines) is 2. The fourth-order valence-corrected chi connectivity index (χ4v) is 8.17. The van der Waals surface area contributed by atoms with Gasteiger partial charge in [0.25, 0.3) is 17.4 Å². The standard InChI is InChI=1S/C44H45F2N7O5/c45-37-11-10-29(25-39-34-8-4-5-9-35(34)42(55)49-48-39)24-36(37)43(56)53-22-20-51(21-23-53)40(54)28-50-16-12-32(13-17-50)58-33-14-18-52(19-15-33)44(57)41-38(46)26-31(27-47-41)30-6-2-1-3-7-30/h1-11,24,26-27,32-33H,12-23,25,28H2,(H,49,55). The molecule has 3 aliphatic rings. The van der Waals surface area contributed by atoms with E-state index in [1.165, 1.54) is 18.3 Å². The van der Waals surface area contributed by atoms with Gasteiger partial charge in [0.1, 0.15) is 5.82 Å². The molecule has 0 saturated carbocycles. The summed E-state index contributed by atoms with van der Waals surface area (Å²) in [6.45, 7) is 3.97. The van der Waals surface area contributed by atoms with E-state index in [1.54, 1.807) is 39.0 Å². The minimum Gasteiger partial charge on any atom is -0.375 e. The number of hydrogen-bond acceptors (Lipinski definition) is 8. The van der Waals surface area contributed by atoms with Crippen LogP contribution in [0.1, 0.15) is 57.8 Å². The number of carbonyl (C=O) groups is 3. The maximum atomic E-state index is 15.0. The molecule has 3 amide bonds. The maximum absolute atomic E-state index is 15.0. The smallest absolute Gasteiger partial charge is 0.275 e.